The molecule has 74 valence electrons. The Balaban J connectivity index is 3.24. The summed E-state index contributed by atoms with van der Waals surface area (Å²) in [5.41, 5.74) is 0. The quantitative estimate of drug-likeness (QED) is 0.624. The lowest BCUT2D eigenvalue weighted by Crippen LogP contribution is -2.48. The van der Waals surface area contributed by atoms with E-state index in [0.717, 1.165) is 6.08 Å². The van der Waals surface area contributed by atoms with Gasteiger partial charge in [-0.25, -0.2) is 0 Å². The Kier molecular flexibility index (Phi) is 3.41. The fraction of sp³-hybridized carbons (Fsp3) is 0.500. The molecule has 0 aromatic heterocycles. The van der Waals surface area contributed by atoms with E-state index in [0.29, 0.717) is 0 Å². The second-order valence-corrected chi connectivity index (χ2v) is 6.16. The maximum absolute atomic E-state index is 11.3. The molecule has 0 saturated heterocycles. The molecule has 1 aliphatic rings. The molecule has 13 heavy (non-hydrogen) atoms. The highest BCUT2D eigenvalue weighted by Crippen LogP contribution is 2.48. The number of carbonyl (C=O) groups is 1. The van der Waals surface area contributed by atoms with E-state index in [2.05, 4.69) is 0 Å². The topological polar surface area (TPSA) is 17.1 Å². The van der Waals surface area contributed by atoms with Crippen LogP contribution in [-0.4, -0.2) is 19.8 Å². The number of carbonyl (C=O) groups excluding carboxylic acids is 1. The van der Waals surface area contributed by atoms with E-state index in [1.807, 2.05) is 0 Å². The van der Waals surface area contributed by atoms with Crippen molar-refractivity contribution >= 4 is 75.4 Å². The first-order chi connectivity index (χ1) is 5.69. The molecule has 1 atom stereocenters. The Bertz CT molecular complexity index is 281. The van der Waals surface area contributed by atoms with Gasteiger partial charge in [0, 0.05) is 0 Å². The van der Waals surface area contributed by atoms with Crippen LogP contribution in [0.1, 0.15) is 0 Å². The predicted molar refractivity (Wildman–Crippen MR) is 57.5 cm³/mol. The Hall–Kier alpha value is 1.15. The fourth-order valence-corrected chi connectivity index (χ4v) is 2.83. The lowest BCUT2D eigenvalue weighted by atomic mass is 10.0. The van der Waals surface area contributed by atoms with Crippen molar-refractivity contribution in [3.63, 3.8) is 0 Å². The maximum Gasteiger partial charge on any atom is 0.211 e. The summed E-state index contributed by atoms with van der Waals surface area (Å²) in [4.78, 5) is 11.3. The third-order valence-corrected chi connectivity index (χ3v) is 4.33. The third-order valence-electron chi connectivity index (χ3n) is 1.50. The summed E-state index contributed by atoms with van der Waals surface area (Å²) in [5.74, 6) is -0.700. The van der Waals surface area contributed by atoms with E-state index in [1.165, 1.54) is 0 Å². The summed E-state index contributed by atoms with van der Waals surface area (Å²) in [6.45, 7) is 0. The van der Waals surface area contributed by atoms with Crippen LogP contribution in [0.4, 0.5) is 0 Å². The van der Waals surface area contributed by atoms with Crippen LogP contribution in [0, 0.1) is 0 Å². The number of alkyl halides is 5. The van der Waals surface area contributed by atoms with Crippen LogP contribution in [0.25, 0.3) is 0 Å². The first kappa shape index (κ1) is 12.2. The molecule has 1 unspecified atom stereocenters. The fourth-order valence-electron chi connectivity index (χ4n) is 0.824. The standard InChI is InChI=1S/C6H2Cl6O/c7-2-1-5(9,10)4(8)6(11,12)3(2)13/h1,4H. The van der Waals surface area contributed by atoms with E-state index in [4.69, 9.17) is 69.6 Å². The van der Waals surface area contributed by atoms with Gasteiger partial charge in [0.25, 0.3) is 0 Å². The van der Waals surface area contributed by atoms with Crippen LogP contribution < -0.4 is 0 Å². The first-order valence-electron chi connectivity index (χ1n) is 3.02. The SMILES string of the molecule is O=C1C(Cl)=CC(Cl)(Cl)C(Cl)C1(Cl)Cl. The van der Waals surface area contributed by atoms with Gasteiger partial charge in [0.05, 0.1) is 5.03 Å². The van der Waals surface area contributed by atoms with Gasteiger partial charge in [-0.2, -0.15) is 0 Å². The molecule has 7 heteroatoms. The predicted octanol–water partition coefficient (Wildman–Crippen LogP) is 3.65. The summed E-state index contributed by atoms with van der Waals surface area (Å²) in [7, 11) is 0. The van der Waals surface area contributed by atoms with Crippen molar-refractivity contribution in [2.75, 3.05) is 0 Å². The highest BCUT2D eigenvalue weighted by Gasteiger charge is 2.55. The number of halogens is 6. The largest absolute Gasteiger partial charge is 0.290 e. The molecule has 0 amide bonds. The van der Waals surface area contributed by atoms with Gasteiger partial charge in [-0.1, -0.05) is 58.0 Å². The molecule has 0 radical (unpaired) electrons. The summed E-state index contributed by atoms with van der Waals surface area (Å²) in [6, 6.07) is 0. The molecule has 0 saturated carbocycles. The van der Waals surface area contributed by atoms with Crippen LogP contribution in [0.2, 0.25) is 0 Å². The minimum atomic E-state index is -1.89. The second kappa shape index (κ2) is 3.62. The molecule has 0 fully saturated rings. The minimum absolute atomic E-state index is 0.216. The number of rotatable bonds is 0. The van der Waals surface area contributed by atoms with Crippen LogP contribution in [-0.2, 0) is 4.79 Å². The highest BCUT2D eigenvalue weighted by atomic mass is 35.5. The van der Waals surface area contributed by atoms with Crippen molar-refractivity contribution in [1.82, 2.24) is 0 Å². The summed E-state index contributed by atoms with van der Waals surface area (Å²) >= 11 is 33.9. The zero-order valence-electron chi connectivity index (χ0n) is 5.83. The van der Waals surface area contributed by atoms with E-state index >= 15 is 0 Å². The van der Waals surface area contributed by atoms with Gasteiger partial charge in [0.15, 0.2) is 4.33 Å². The van der Waals surface area contributed by atoms with Gasteiger partial charge < -0.3 is 0 Å². The van der Waals surface area contributed by atoms with Gasteiger partial charge in [-0.15, -0.1) is 11.6 Å². The van der Waals surface area contributed by atoms with Crippen LogP contribution in [0.15, 0.2) is 11.1 Å². The molecule has 0 bridgehead atoms. The van der Waals surface area contributed by atoms with Crippen molar-refractivity contribution in [3.8, 4) is 0 Å². The number of Topliss-reactive ketones (excluding diaryl/α,β-unsaturated/α-hetero) is 1. The monoisotopic (exact) mass is 300 g/mol. The second-order valence-electron chi connectivity index (χ2n) is 2.48. The average molecular weight is 303 g/mol. The smallest absolute Gasteiger partial charge is 0.211 e. The van der Waals surface area contributed by atoms with Gasteiger partial charge in [0.2, 0.25) is 10.1 Å². The Morgan fingerprint density at radius 3 is 2.15 bits per heavy atom. The van der Waals surface area contributed by atoms with E-state index < -0.39 is 19.8 Å². The van der Waals surface area contributed by atoms with Crippen molar-refractivity contribution in [3.05, 3.63) is 11.1 Å². The summed E-state index contributed by atoms with van der Waals surface area (Å²) in [6.07, 6.45) is 1.11. The number of hydrogen-bond donors (Lipinski definition) is 0. The zero-order chi connectivity index (χ0) is 10.4. The van der Waals surface area contributed by atoms with Crippen LogP contribution >= 0.6 is 69.6 Å². The number of ketones is 1. The van der Waals surface area contributed by atoms with Gasteiger partial charge >= 0.3 is 0 Å². The maximum atomic E-state index is 11.3. The summed E-state index contributed by atoms with van der Waals surface area (Å²) < 4.78 is -3.44. The molecule has 0 heterocycles. The Morgan fingerprint density at radius 2 is 1.69 bits per heavy atom. The van der Waals surface area contributed by atoms with E-state index in [9.17, 15) is 4.79 Å². The number of hydrogen-bond acceptors (Lipinski definition) is 1. The molecule has 1 rings (SSSR count). The first-order valence-corrected chi connectivity index (χ1v) is 5.35. The normalized spacial score (nSPS) is 31.4. The average Bonchev–Trinajstić information content (AvgIpc) is 1.98. The lowest BCUT2D eigenvalue weighted by Gasteiger charge is -2.34. The molecule has 1 nitrogen and oxygen atoms in total. The lowest BCUT2D eigenvalue weighted by molar-refractivity contribution is -0.115. The molecular formula is C6H2Cl6O. The van der Waals surface area contributed by atoms with Crippen molar-refractivity contribution < 1.29 is 4.79 Å². The molecular weight excluding hydrogens is 301 g/mol. The molecule has 0 N–H and O–H groups in total. The van der Waals surface area contributed by atoms with Crippen LogP contribution in [0.5, 0.6) is 0 Å². The third kappa shape index (κ3) is 2.06. The minimum Gasteiger partial charge on any atom is -0.290 e. The van der Waals surface area contributed by atoms with E-state index in [-0.39, 0.29) is 5.03 Å². The molecule has 0 spiro atoms. The Labute approximate surface area is 105 Å². The molecule has 0 aromatic carbocycles. The van der Waals surface area contributed by atoms with Gasteiger partial charge in [-0.3, -0.25) is 4.79 Å². The molecule has 1 aliphatic carbocycles. The Morgan fingerprint density at radius 1 is 1.23 bits per heavy atom. The van der Waals surface area contributed by atoms with Crippen molar-refractivity contribution in [1.29, 1.82) is 0 Å². The van der Waals surface area contributed by atoms with Gasteiger partial charge in [-0.05, 0) is 6.08 Å². The van der Waals surface area contributed by atoms with Crippen molar-refractivity contribution in [2.45, 2.75) is 14.0 Å². The molecule has 0 aliphatic heterocycles. The zero-order valence-corrected chi connectivity index (χ0v) is 10.4. The molecule has 0 aromatic rings. The van der Waals surface area contributed by atoms with Crippen LogP contribution in [0.3, 0.4) is 0 Å². The van der Waals surface area contributed by atoms with E-state index in [1.54, 1.807) is 0 Å². The van der Waals surface area contributed by atoms with Crippen molar-refractivity contribution in [2.24, 2.45) is 0 Å². The number of allylic oxidation sites excluding steroid dienone is 2. The van der Waals surface area contributed by atoms with Gasteiger partial charge in [0.1, 0.15) is 5.38 Å². The highest BCUT2D eigenvalue weighted by molar-refractivity contribution is 6.70. The summed E-state index contributed by atoms with van der Waals surface area (Å²) in [5, 5.41) is -1.37.